The molecule has 4 heteroatoms. The molecule has 0 unspecified atom stereocenters. The molecule has 0 saturated carbocycles. The number of pyridine rings is 1. The summed E-state index contributed by atoms with van der Waals surface area (Å²) in [4.78, 5) is 15.7. The summed E-state index contributed by atoms with van der Waals surface area (Å²) in [6.45, 7) is 2.55. The molecule has 0 radical (unpaired) electrons. The van der Waals surface area contributed by atoms with Crippen molar-refractivity contribution in [2.24, 2.45) is 0 Å². The van der Waals surface area contributed by atoms with Crippen LogP contribution in [0.5, 0.6) is 5.75 Å². The van der Waals surface area contributed by atoms with Crippen LogP contribution in [0, 0.1) is 6.92 Å². The van der Waals surface area contributed by atoms with Crippen molar-refractivity contribution in [2.45, 2.75) is 19.8 Å². The van der Waals surface area contributed by atoms with Gasteiger partial charge in [-0.05, 0) is 43.2 Å². The number of nitrogens with zero attached hydrogens (tertiary/aromatic N) is 1. The molecule has 2 aromatic rings. The summed E-state index contributed by atoms with van der Waals surface area (Å²) in [6, 6.07) is 13.3. The minimum atomic E-state index is -0.0449. The molecule has 0 bridgehead atoms. The third kappa shape index (κ3) is 4.72. The highest BCUT2D eigenvalue weighted by Crippen LogP contribution is 2.12. The van der Waals surface area contributed by atoms with E-state index >= 15 is 0 Å². The van der Waals surface area contributed by atoms with E-state index in [2.05, 4.69) is 10.3 Å². The van der Waals surface area contributed by atoms with Gasteiger partial charge >= 0.3 is 0 Å². The fourth-order valence-electron chi connectivity index (χ4n) is 1.77. The Balaban J connectivity index is 1.67. The van der Waals surface area contributed by atoms with Crippen LogP contribution in [-0.4, -0.2) is 17.5 Å². The molecule has 1 aromatic heterocycles. The lowest BCUT2D eigenvalue weighted by Gasteiger charge is -2.07. The molecule has 1 aromatic carbocycles. The molecule has 0 aliphatic carbocycles. The van der Waals surface area contributed by atoms with Crippen LogP contribution in [0.3, 0.4) is 0 Å². The Bertz CT molecular complexity index is 555. The van der Waals surface area contributed by atoms with Gasteiger partial charge < -0.3 is 10.1 Å². The molecule has 104 valence electrons. The van der Waals surface area contributed by atoms with Crippen molar-refractivity contribution in [2.75, 3.05) is 11.9 Å². The fourth-order valence-corrected chi connectivity index (χ4v) is 1.77. The van der Waals surface area contributed by atoms with Gasteiger partial charge in [0, 0.05) is 12.6 Å². The van der Waals surface area contributed by atoms with E-state index in [4.69, 9.17) is 4.74 Å². The Labute approximate surface area is 118 Å². The Morgan fingerprint density at radius 1 is 1.25 bits per heavy atom. The number of benzene rings is 1. The zero-order valence-corrected chi connectivity index (χ0v) is 11.5. The zero-order chi connectivity index (χ0) is 14.2. The average Bonchev–Trinajstić information content (AvgIpc) is 2.45. The number of hydrogen-bond acceptors (Lipinski definition) is 3. The molecule has 0 spiro atoms. The summed E-state index contributed by atoms with van der Waals surface area (Å²) in [5, 5.41) is 2.74. The molecule has 0 aliphatic heterocycles. The number of aryl methyl sites for hydroxylation is 1. The lowest BCUT2D eigenvalue weighted by Crippen LogP contribution is -2.13. The molecule has 0 atom stereocenters. The van der Waals surface area contributed by atoms with Crippen molar-refractivity contribution in [3.63, 3.8) is 0 Å². The second-order valence-electron chi connectivity index (χ2n) is 4.53. The highest BCUT2D eigenvalue weighted by Gasteiger charge is 2.03. The van der Waals surface area contributed by atoms with E-state index in [1.165, 1.54) is 0 Å². The van der Waals surface area contributed by atoms with Gasteiger partial charge in [0.25, 0.3) is 0 Å². The first kappa shape index (κ1) is 14.1. The van der Waals surface area contributed by atoms with E-state index in [-0.39, 0.29) is 5.91 Å². The van der Waals surface area contributed by atoms with E-state index in [1.807, 2.05) is 43.3 Å². The minimum Gasteiger partial charge on any atom is -0.494 e. The van der Waals surface area contributed by atoms with Crippen LogP contribution < -0.4 is 10.1 Å². The van der Waals surface area contributed by atoms with Gasteiger partial charge in [0.15, 0.2) is 0 Å². The highest BCUT2D eigenvalue weighted by molar-refractivity contribution is 5.89. The molecule has 0 fully saturated rings. The number of anilines is 1. The fraction of sp³-hybridized carbons (Fsp3) is 0.250. The largest absolute Gasteiger partial charge is 0.494 e. The summed E-state index contributed by atoms with van der Waals surface area (Å²) in [5.41, 5.74) is 1.16. The number of rotatable bonds is 6. The van der Waals surface area contributed by atoms with Crippen LogP contribution in [0.1, 0.15) is 18.4 Å². The Kier molecular flexibility index (Phi) is 5.12. The van der Waals surface area contributed by atoms with Crippen molar-refractivity contribution in [3.05, 3.63) is 54.2 Å². The number of aromatic nitrogens is 1. The molecule has 1 amide bonds. The topological polar surface area (TPSA) is 51.2 Å². The molecule has 20 heavy (non-hydrogen) atoms. The SMILES string of the molecule is Cc1cccc(OCCCC(=O)Nc2ccccn2)c1. The van der Waals surface area contributed by atoms with Crippen LogP contribution >= 0.6 is 0 Å². The zero-order valence-electron chi connectivity index (χ0n) is 11.5. The quantitative estimate of drug-likeness (QED) is 0.820. The number of carbonyl (C=O) groups is 1. The minimum absolute atomic E-state index is 0.0449. The second-order valence-corrected chi connectivity index (χ2v) is 4.53. The first-order valence-electron chi connectivity index (χ1n) is 6.64. The first-order chi connectivity index (χ1) is 9.74. The van der Waals surface area contributed by atoms with Gasteiger partial charge in [-0.15, -0.1) is 0 Å². The summed E-state index contributed by atoms with van der Waals surface area (Å²) < 4.78 is 5.59. The predicted octanol–water partition coefficient (Wildman–Crippen LogP) is 3.19. The molecule has 0 aliphatic rings. The number of nitrogens with one attached hydrogen (secondary N) is 1. The summed E-state index contributed by atoms with van der Waals surface area (Å²) in [5.74, 6) is 1.38. The van der Waals surface area contributed by atoms with Gasteiger partial charge in [-0.2, -0.15) is 0 Å². The van der Waals surface area contributed by atoms with Gasteiger partial charge in [-0.25, -0.2) is 4.98 Å². The smallest absolute Gasteiger partial charge is 0.225 e. The molecular weight excluding hydrogens is 252 g/mol. The molecule has 1 N–H and O–H groups in total. The van der Waals surface area contributed by atoms with Crippen LogP contribution in [-0.2, 0) is 4.79 Å². The van der Waals surface area contributed by atoms with Crippen molar-refractivity contribution < 1.29 is 9.53 Å². The predicted molar refractivity (Wildman–Crippen MR) is 78.8 cm³/mol. The Morgan fingerprint density at radius 3 is 2.90 bits per heavy atom. The monoisotopic (exact) mass is 270 g/mol. The number of ether oxygens (including phenoxy) is 1. The molecule has 4 nitrogen and oxygen atoms in total. The maximum absolute atomic E-state index is 11.7. The maximum atomic E-state index is 11.7. The molecule has 0 saturated heterocycles. The standard InChI is InChI=1S/C16H18N2O2/c1-13-6-4-7-14(12-13)20-11-5-9-16(19)18-15-8-2-3-10-17-15/h2-4,6-8,10,12H,5,9,11H2,1H3,(H,17,18,19). The van der Waals surface area contributed by atoms with Crippen molar-refractivity contribution in [1.82, 2.24) is 4.98 Å². The van der Waals surface area contributed by atoms with E-state index in [9.17, 15) is 4.79 Å². The summed E-state index contributed by atoms with van der Waals surface area (Å²) >= 11 is 0. The first-order valence-corrected chi connectivity index (χ1v) is 6.64. The third-order valence-electron chi connectivity index (χ3n) is 2.74. The van der Waals surface area contributed by atoms with Gasteiger partial charge in [0.2, 0.25) is 5.91 Å². The van der Waals surface area contributed by atoms with Crippen LogP contribution in [0.25, 0.3) is 0 Å². The van der Waals surface area contributed by atoms with Gasteiger partial charge in [0.05, 0.1) is 6.61 Å². The number of carbonyl (C=O) groups excluding carboxylic acids is 1. The third-order valence-corrected chi connectivity index (χ3v) is 2.74. The highest BCUT2D eigenvalue weighted by atomic mass is 16.5. The molecular formula is C16H18N2O2. The summed E-state index contributed by atoms with van der Waals surface area (Å²) in [7, 11) is 0. The lowest BCUT2D eigenvalue weighted by atomic mass is 10.2. The van der Waals surface area contributed by atoms with Gasteiger partial charge in [0.1, 0.15) is 11.6 Å². The number of amides is 1. The Morgan fingerprint density at radius 2 is 2.15 bits per heavy atom. The van der Waals surface area contributed by atoms with E-state index in [1.54, 1.807) is 12.3 Å². The normalized spacial score (nSPS) is 10.1. The Hall–Kier alpha value is -2.36. The second kappa shape index (κ2) is 7.28. The molecule has 1 heterocycles. The van der Waals surface area contributed by atoms with Gasteiger partial charge in [-0.3, -0.25) is 4.79 Å². The van der Waals surface area contributed by atoms with E-state index in [0.717, 1.165) is 11.3 Å². The van der Waals surface area contributed by atoms with Crippen molar-refractivity contribution in [1.29, 1.82) is 0 Å². The summed E-state index contributed by atoms with van der Waals surface area (Å²) in [6.07, 6.45) is 2.74. The van der Waals surface area contributed by atoms with Crippen molar-refractivity contribution in [3.8, 4) is 5.75 Å². The van der Waals surface area contributed by atoms with E-state index in [0.29, 0.717) is 25.3 Å². The van der Waals surface area contributed by atoms with E-state index < -0.39 is 0 Å². The lowest BCUT2D eigenvalue weighted by molar-refractivity contribution is -0.116. The van der Waals surface area contributed by atoms with Crippen molar-refractivity contribution >= 4 is 11.7 Å². The number of hydrogen-bond donors (Lipinski definition) is 1. The maximum Gasteiger partial charge on any atom is 0.225 e. The van der Waals surface area contributed by atoms with Gasteiger partial charge in [-0.1, -0.05) is 18.2 Å². The van der Waals surface area contributed by atoms with Crippen LogP contribution in [0.15, 0.2) is 48.7 Å². The average molecular weight is 270 g/mol. The van der Waals surface area contributed by atoms with Crippen LogP contribution in [0.4, 0.5) is 5.82 Å². The van der Waals surface area contributed by atoms with Crippen LogP contribution in [0.2, 0.25) is 0 Å². The molecule has 2 rings (SSSR count).